The Morgan fingerprint density at radius 1 is 1.35 bits per heavy atom. The van der Waals surface area contributed by atoms with E-state index < -0.39 is 0 Å². The second-order valence-corrected chi connectivity index (χ2v) is 5.24. The van der Waals surface area contributed by atoms with Crippen LogP contribution in [-0.2, 0) is 0 Å². The highest BCUT2D eigenvalue weighted by Gasteiger charge is 2.17. The zero-order chi connectivity index (χ0) is 12.3. The predicted octanol–water partition coefficient (Wildman–Crippen LogP) is 3.09. The summed E-state index contributed by atoms with van der Waals surface area (Å²) in [5.74, 6) is 1.50. The standard InChI is InChI=1S/C12H19ClN4/c1-8-3-2-4-9(6-5-8)16-11-10(14)7-15-12(13)17-11/h7-9H,2-6,14H2,1H3,(H,15,16,17). The molecule has 2 rings (SSSR count). The Labute approximate surface area is 107 Å². The number of anilines is 2. The highest BCUT2D eigenvalue weighted by molar-refractivity contribution is 6.28. The number of hydrogen-bond donors (Lipinski definition) is 2. The fourth-order valence-corrected chi connectivity index (χ4v) is 2.44. The van der Waals surface area contributed by atoms with Gasteiger partial charge in [-0.15, -0.1) is 0 Å². The first-order valence-corrected chi connectivity index (χ1v) is 6.57. The predicted molar refractivity (Wildman–Crippen MR) is 71.1 cm³/mol. The second-order valence-electron chi connectivity index (χ2n) is 4.90. The zero-order valence-corrected chi connectivity index (χ0v) is 10.9. The first-order valence-electron chi connectivity index (χ1n) is 6.19. The third kappa shape index (κ3) is 3.46. The summed E-state index contributed by atoms with van der Waals surface area (Å²) in [5.41, 5.74) is 6.39. The molecule has 1 aliphatic rings. The third-order valence-electron chi connectivity index (χ3n) is 3.39. The molecule has 2 atom stereocenters. The van der Waals surface area contributed by atoms with E-state index in [1.807, 2.05) is 0 Å². The van der Waals surface area contributed by atoms with Crippen LogP contribution in [0.15, 0.2) is 6.20 Å². The lowest BCUT2D eigenvalue weighted by Gasteiger charge is -2.18. The molecule has 1 aromatic heterocycles. The van der Waals surface area contributed by atoms with E-state index in [0.717, 1.165) is 5.92 Å². The summed E-state index contributed by atoms with van der Waals surface area (Å²) in [4.78, 5) is 7.99. The van der Waals surface area contributed by atoms with Crippen LogP contribution < -0.4 is 11.1 Å². The molecule has 0 aromatic carbocycles. The molecule has 0 radical (unpaired) electrons. The lowest BCUT2D eigenvalue weighted by molar-refractivity contribution is 0.502. The largest absolute Gasteiger partial charge is 0.394 e. The normalized spacial score (nSPS) is 25.3. The van der Waals surface area contributed by atoms with Crippen molar-refractivity contribution in [2.24, 2.45) is 5.92 Å². The van der Waals surface area contributed by atoms with Crippen molar-refractivity contribution in [2.75, 3.05) is 11.1 Å². The molecule has 3 N–H and O–H groups in total. The zero-order valence-electron chi connectivity index (χ0n) is 10.1. The van der Waals surface area contributed by atoms with Gasteiger partial charge in [0.2, 0.25) is 5.28 Å². The number of rotatable bonds is 2. The lowest BCUT2D eigenvalue weighted by atomic mass is 10.0. The van der Waals surface area contributed by atoms with E-state index in [9.17, 15) is 0 Å². The van der Waals surface area contributed by atoms with Gasteiger partial charge in [-0.3, -0.25) is 0 Å². The number of nitrogens with one attached hydrogen (secondary N) is 1. The highest BCUT2D eigenvalue weighted by Crippen LogP contribution is 2.26. The molecule has 0 aliphatic heterocycles. The molecule has 0 bridgehead atoms. The van der Waals surface area contributed by atoms with Crippen LogP contribution in [0.25, 0.3) is 0 Å². The van der Waals surface area contributed by atoms with Gasteiger partial charge in [0.25, 0.3) is 0 Å². The molecule has 1 heterocycles. The Balaban J connectivity index is 2.02. The monoisotopic (exact) mass is 254 g/mol. The summed E-state index contributed by atoms with van der Waals surface area (Å²) in [7, 11) is 0. The minimum atomic E-state index is 0.240. The fraction of sp³-hybridized carbons (Fsp3) is 0.667. The number of halogens is 1. The van der Waals surface area contributed by atoms with Crippen molar-refractivity contribution < 1.29 is 0 Å². The maximum Gasteiger partial charge on any atom is 0.224 e. The summed E-state index contributed by atoms with van der Waals surface area (Å²) in [5, 5.41) is 3.63. The number of aromatic nitrogens is 2. The lowest BCUT2D eigenvalue weighted by Crippen LogP contribution is -2.20. The number of nitrogens with two attached hydrogens (primary N) is 1. The van der Waals surface area contributed by atoms with Crippen molar-refractivity contribution in [1.82, 2.24) is 9.97 Å². The van der Waals surface area contributed by atoms with Crippen LogP contribution in [0.5, 0.6) is 0 Å². The molecular formula is C12H19ClN4. The minimum absolute atomic E-state index is 0.240. The van der Waals surface area contributed by atoms with Crippen LogP contribution in [0.4, 0.5) is 11.5 Å². The van der Waals surface area contributed by atoms with Gasteiger partial charge in [-0.1, -0.05) is 19.8 Å². The maximum absolute atomic E-state index is 5.83. The van der Waals surface area contributed by atoms with Crippen molar-refractivity contribution >= 4 is 23.1 Å². The molecule has 0 spiro atoms. The molecule has 1 aromatic rings. The molecule has 5 heteroatoms. The summed E-state index contributed by atoms with van der Waals surface area (Å²) >= 11 is 5.77. The number of hydrogen-bond acceptors (Lipinski definition) is 4. The number of nitrogen functional groups attached to an aromatic ring is 1. The van der Waals surface area contributed by atoms with Gasteiger partial charge in [0.15, 0.2) is 5.82 Å². The van der Waals surface area contributed by atoms with E-state index in [2.05, 4.69) is 22.2 Å². The average Bonchev–Trinajstić information content (AvgIpc) is 2.49. The average molecular weight is 255 g/mol. The van der Waals surface area contributed by atoms with Crippen LogP contribution in [0, 0.1) is 5.92 Å². The SMILES string of the molecule is CC1CCCC(Nc2nc(Cl)ncc2N)CC1. The van der Waals surface area contributed by atoms with E-state index in [1.54, 1.807) is 6.20 Å². The molecule has 17 heavy (non-hydrogen) atoms. The van der Waals surface area contributed by atoms with E-state index in [4.69, 9.17) is 17.3 Å². The smallest absolute Gasteiger partial charge is 0.224 e. The molecule has 0 saturated heterocycles. The van der Waals surface area contributed by atoms with E-state index in [0.29, 0.717) is 17.5 Å². The quantitative estimate of drug-likeness (QED) is 0.629. The summed E-state index contributed by atoms with van der Waals surface area (Å²) < 4.78 is 0. The van der Waals surface area contributed by atoms with Crippen molar-refractivity contribution in [1.29, 1.82) is 0 Å². The molecule has 2 unspecified atom stereocenters. The topological polar surface area (TPSA) is 63.8 Å². The summed E-state index contributed by atoms with van der Waals surface area (Å²) in [6.07, 6.45) is 7.73. The molecule has 4 nitrogen and oxygen atoms in total. The Bertz CT molecular complexity index is 383. The molecular weight excluding hydrogens is 236 g/mol. The Morgan fingerprint density at radius 3 is 3.00 bits per heavy atom. The van der Waals surface area contributed by atoms with Gasteiger partial charge >= 0.3 is 0 Å². The molecule has 1 fully saturated rings. The van der Waals surface area contributed by atoms with Crippen molar-refractivity contribution in [3.8, 4) is 0 Å². The highest BCUT2D eigenvalue weighted by atomic mass is 35.5. The first-order chi connectivity index (χ1) is 8.15. The Kier molecular flexibility index (Phi) is 4.05. The van der Waals surface area contributed by atoms with Gasteiger partial charge in [0.1, 0.15) is 0 Å². The van der Waals surface area contributed by atoms with Crippen molar-refractivity contribution in [3.05, 3.63) is 11.5 Å². The van der Waals surface area contributed by atoms with Crippen molar-refractivity contribution in [3.63, 3.8) is 0 Å². The third-order valence-corrected chi connectivity index (χ3v) is 3.57. The van der Waals surface area contributed by atoms with E-state index >= 15 is 0 Å². The van der Waals surface area contributed by atoms with Crippen molar-refractivity contribution in [2.45, 2.75) is 45.1 Å². The second kappa shape index (κ2) is 5.54. The van der Waals surface area contributed by atoms with Crippen LogP contribution in [0.3, 0.4) is 0 Å². The maximum atomic E-state index is 5.83. The van der Waals surface area contributed by atoms with Gasteiger partial charge in [-0.2, -0.15) is 4.98 Å². The first kappa shape index (κ1) is 12.4. The molecule has 0 amide bonds. The van der Waals surface area contributed by atoms with Crippen LogP contribution in [0.2, 0.25) is 5.28 Å². The van der Waals surface area contributed by atoms with Gasteiger partial charge in [0.05, 0.1) is 11.9 Å². The van der Waals surface area contributed by atoms with E-state index in [1.165, 1.54) is 32.1 Å². The fourth-order valence-electron chi connectivity index (χ4n) is 2.31. The van der Waals surface area contributed by atoms with E-state index in [-0.39, 0.29) is 5.28 Å². The van der Waals surface area contributed by atoms with Crippen LogP contribution >= 0.6 is 11.6 Å². The molecule has 1 aliphatic carbocycles. The Morgan fingerprint density at radius 2 is 2.18 bits per heavy atom. The number of nitrogens with zero attached hydrogens (tertiary/aromatic N) is 2. The molecule has 94 valence electrons. The van der Waals surface area contributed by atoms with Gasteiger partial charge in [-0.25, -0.2) is 4.98 Å². The van der Waals surface area contributed by atoms with Crippen LogP contribution in [0.1, 0.15) is 39.0 Å². The Hall–Kier alpha value is -1.03. The van der Waals surface area contributed by atoms with Gasteiger partial charge in [-0.05, 0) is 36.8 Å². The van der Waals surface area contributed by atoms with Gasteiger partial charge in [0, 0.05) is 6.04 Å². The van der Waals surface area contributed by atoms with Gasteiger partial charge < -0.3 is 11.1 Å². The summed E-state index contributed by atoms with van der Waals surface area (Å²) in [6, 6.07) is 0.452. The molecule has 1 saturated carbocycles. The minimum Gasteiger partial charge on any atom is -0.394 e. The van der Waals surface area contributed by atoms with Crippen LogP contribution in [-0.4, -0.2) is 16.0 Å². The summed E-state index contributed by atoms with van der Waals surface area (Å²) in [6.45, 7) is 2.32.